The van der Waals surface area contributed by atoms with Crippen LogP contribution in [0.3, 0.4) is 0 Å². The first-order chi connectivity index (χ1) is 37.5. The van der Waals surface area contributed by atoms with Gasteiger partial charge in [0.05, 0.1) is 0 Å². The molecular weight excluding hydrogens is 923 g/mol. The molecular formula is C71H151N5. The molecule has 1 aliphatic rings. The highest BCUT2D eigenvalue weighted by Gasteiger charge is 2.08. The Hall–Kier alpha value is -0.200. The number of rotatable bonds is 61. The average Bonchev–Trinajstić information content (AvgIpc) is 3.43. The number of nitrogens with zero attached hydrogens (tertiary/aromatic N) is 3. The third kappa shape index (κ3) is 71.8. The Labute approximate surface area is 484 Å². The predicted molar refractivity (Wildman–Crippen MR) is 350 cm³/mol. The van der Waals surface area contributed by atoms with Crippen LogP contribution < -0.4 is 10.7 Å². The molecule has 1 saturated heterocycles. The first kappa shape index (κ1) is 77.9. The Morgan fingerprint density at radius 3 is 0.618 bits per heavy atom. The van der Waals surface area contributed by atoms with Crippen molar-refractivity contribution in [3.05, 3.63) is 0 Å². The maximum absolute atomic E-state index is 3.55. The van der Waals surface area contributed by atoms with Gasteiger partial charge >= 0.3 is 0 Å². The molecule has 1 aliphatic heterocycles. The molecule has 1 heterocycles. The number of unbranched alkanes of at least 4 members (excludes halogenated alkanes) is 50. The van der Waals surface area contributed by atoms with E-state index in [1.807, 2.05) is 0 Å². The fourth-order valence-corrected chi connectivity index (χ4v) is 11.3. The third-order valence-electron chi connectivity index (χ3n) is 16.8. The minimum Gasteiger partial charge on any atom is -0.314 e. The number of nitrogens with one attached hydrogen (secondary N) is 2. The second-order valence-electron chi connectivity index (χ2n) is 24.9. The minimum absolute atomic E-state index is 1.13. The molecule has 1 rings (SSSR count). The van der Waals surface area contributed by atoms with E-state index in [0.717, 1.165) is 32.7 Å². The molecule has 0 amide bonds. The molecule has 0 bridgehead atoms. The highest BCUT2D eigenvalue weighted by molar-refractivity contribution is 4.64. The van der Waals surface area contributed by atoms with Gasteiger partial charge in [-0.1, -0.05) is 356 Å². The average molecular weight is 1080 g/mol. The third-order valence-corrected chi connectivity index (χ3v) is 16.8. The highest BCUT2D eigenvalue weighted by Crippen LogP contribution is 2.16. The van der Waals surface area contributed by atoms with Crippen LogP contribution in [0.5, 0.6) is 0 Å². The van der Waals surface area contributed by atoms with Crippen LogP contribution in [0.1, 0.15) is 388 Å². The lowest BCUT2D eigenvalue weighted by atomic mass is 10.0. The largest absolute Gasteiger partial charge is 0.314 e. The summed E-state index contributed by atoms with van der Waals surface area (Å²) < 4.78 is 0. The summed E-state index contributed by atoms with van der Waals surface area (Å²) in [5.41, 5.74) is 3.55. The zero-order valence-corrected chi connectivity index (χ0v) is 54.6. The van der Waals surface area contributed by atoms with Gasteiger partial charge in [-0.05, 0) is 72.4 Å². The molecule has 0 aliphatic carbocycles. The van der Waals surface area contributed by atoms with E-state index in [-0.39, 0.29) is 0 Å². The zero-order chi connectivity index (χ0) is 55.4. The van der Waals surface area contributed by atoms with Gasteiger partial charge in [0.2, 0.25) is 0 Å². The molecule has 0 aromatic heterocycles. The molecule has 0 unspecified atom stereocenters. The first-order valence-electron chi connectivity index (χ1n) is 36.1. The molecule has 0 spiro atoms. The fourth-order valence-electron chi connectivity index (χ4n) is 11.3. The van der Waals surface area contributed by atoms with E-state index in [0.29, 0.717) is 0 Å². The van der Waals surface area contributed by atoms with Crippen molar-refractivity contribution in [3.63, 3.8) is 0 Å². The van der Waals surface area contributed by atoms with Crippen LogP contribution in [0, 0.1) is 0 Å². The highest BCUT2D eigenvalue weighted by atomic mass is 15.5. The van der Waals surface area contributed by atoms with Crippen LogP contribution in [0.15, 0.2) is 0 Å². The van der Waals surface area contributed by atoms with Crippen molar-refractivity contribution in [2.45, 2.75) is 388 Å². The van der Waals surface area contributed by atoms with Crippen molar-refractivity contribution in [3.8, 4) is 0 Å². The maximum Gasteiger partial charge on any atom is 0.0256 e. The monoisotopic (exact) mass is 1070 g/mol. The summed E-state index contributed by atoms with van der Waals surface area (Å²) >= 11 is 0. The van der Waals surface area contributed by atoms with Gasteiger partial charge in [0.25, 0.3) is 0 Å². The lowest BCUT2D eigenvalue weighted by Gasteiger charge is -2.27. The molecule has 0 aromatic carbocycles. The number of piperazine rings is 1. The van der Waals surface area contributed by atoms with E-state index in [9.17, 15) is 0 Å². The Morgan fingerprint density at radius 1 is 0.250 bits per heavy atom. The number of hydrogen-bond acceptors (Lipinski definition) is 5. The molecule has 0 radical (unpaired) electrons. The molecule has 0 saturated carbocycles. The molecule has 5 nitrogen and oxygen atoms in total. The van der Waals surface area contributed by atoms with Crippen LogP contribution in [-0.2, 0) is 0 Å². The molecule has 0 atom stereocenters. The SMILES string of the molecule is CCCCCCCCCCCCCCN(C)CCCCCCCCCCCCCC.CCCCCCCCCCCCCCNN1CCNCC1.CCCCCCCCCCCCN(C)CCCCCCCCCCC. The molecule has 460 valence electrons. The summed E-state index contributed by atoms with van der Waals surface area (Å²) in [7, 11) is 4.65. The van der Waals surface area contributed by atoms with Crippen molar-refractivity contribution in [1.29, 1.82) is 0 Å². The van der Waals surface area contributed by atoms with E-state index in [1.54, 1.807) is 0 Å². The van der Waals surface area contributed by atoms with Gasteiger partial charge in [-0.2, -0.15) is 0 Å². The van der Waals surface area contributed by atoms with Crippen LogP contribution in [0.4, 0.5) is 0 Å². The van der Waals surface area contributed by atoms with Gasteiger partial charge in [-0.3, -0.25) is 5.43 Å². The van der Waals surface area contributed by atoms with Crippen LogP contribution in [0.2, 0.25) is 0 Å². The number of hydrazine groups is 1. The zero-order valence-electron chi connectivity index (χ0n) is 54.6. The minimum atomic E-state index is 1.13. The Morgan fingerprint density at radius 2 is 0.421 bits per heavy atom. The fraction of sp³-hybridized carbons (Fsp3) is 1.00. The van der Waals surface area contributed by atoms with Crippen LogP contribution >= 0.6 is 0 Å². The summed E-state index contributed by atoms with van der Waals surface area (Å²) in [6.07, 6.45) is 79.4. The maximum atomic E-state index is 3.55. The Kier molecular flexibility index (Phi) is 74.6. The molecule has 1 fully saturated rings. The summed E-state index contributed by atoms with van der Waals surface area (Å²) in [6.45, 7) is 22.5. The molecule has 2 N–H and O–H groups in total. The smallest absolute Gasteiger partial charge is 0.0256 e. The van der Waals surface area contributed by atoms with Crippen molar-refractivity contribution in [1.82, 2.24) is 25.6 Å². The normalized spacial score (nSPS) is 12.9. The summed E-state index contributed by atoms with van der Waals surface area (Å²) in [5, 5.41) is 5.75. The Bertz CT molecular complexity index is 927. The van der Waals surface area contributed by atoms with E-state index in [4.69, 9.17) is 0 Å². The number of hydrogen-bond donors (Lipinski definition) is 2. The predicted octanol–water partition coefficient (Wildman–Crippen LogP) is 22.8. The summed E-state index contributed by atoms with van der Waals surface area (Å²) in [4.78, 5) is 5.14. The summed E-state index contributed by atoms with van der Waals surface area (Å²) in [5.74, 6) is 0. The molecule has 0 aromatic rings. The van der Waals surface area contributed by atoms with Gasteiger partial charge < -0.3 is 15.1 Å². The topological polar surface area (TPSA) is 33.8 Å². The molecule has 5 heteroatoms. The van der Waals surface area contributed by atoms with E-state index < -0.39 is 0 Å². The van der Waals surface area contributed by atoms with Crippen LogP contribution in [-0.4, -0.2) is 87.8 Å². The van der Waals surface area contributed by atoms with Crippen molar-refractivity contribution >= 4 is 0 Å². The summed E-state index contributed by atoms with van der Waals surface area (Å²) in [6, 6.07) is 0. The first-order valence-corrected chi connectivity index (χ1v) is 36.1. The van der Waals surface area contributed by atoms with Crippen molar-refractivity contribution in [2.75, 3.05) is 73.0 Å². The van der Waals surface area contributed by atoms with Gasteiger partial charge in [0, 0.05) is 32.7 Å². The van der Waals surface area contributed by atoms with Crippen LogP contribution in [0.25, 0.3) is 0 Å². The quantitative estimate of drug-likeness (QED) is 0.0594. The van der Waals surface area contributed by atoms with Gasteiger partial charge in [-0.15, -0.1) is 0 Å². The van der Waals surface area contributed by atoms with E-state index >= 15 is 0 Å². The second-order valence-corrected chi connectivity index (χ2v) is 24.9. The lowest BCUT2D eigenvalue weighted by molar-refractivity contribution is 0.163. The van der Waals surface area contributed by atoms with Gasteiger partial charge in [0.1, 0.15) is 0 Å². The van der Waals surface area contributed by atoms with Crippen molar-refractivity contribution in [2.24, 2.45) is 0 Å². The van der Waals surface area contributed by atoms with E-state index in [2.05, 4.69) is 74.3 Å². The van der Waals surface area contributed by atoms with Gasteiger partial charge in [0.15, 0.2) is 0 Å². The second kappa shape index (κ2) is 72.8. The molecule has 76 heavy (non-hydrogen) atoms. The lowest BCUT2D eigenvalue weighted by Crippen LogP contribution is -2.50. The van der Waals surface area contributed by atoms with Crippen molar-refractivity contribution < 1.29 is 0 Å². The van der Waals surface area contributed by atoms with Gasteiger partial charge in [-0.25, -0.2) is 5.01 Å². The Balaban J connectivity index is 0. The standard InChI is InChI=1S/C29H61N.C24H51N.C18H39N3/c1-4-6-8-10-12-14-16-18-20-22-24-26-28-30(3)29-27-25-23-21-19-17-15-13-11-9-7-5-2;1-4-6-8-10-12-14-16-18-20-22-24-25(3)23-21-19-17-15-13-11-9-7-5-2;1-2-3-4-5-6-7-8-9-10-11-12-13-14-20-21-17-15-19-16-18-21/h4-29H2,1-3H3;4-24H2,1-3H3;19-20H,2-18H2,1H3. The van der Waals surface area contributed by atoms with E-state index in [1.165, 1.54) is 379 Å².